The summed E-state index contributed by atoms with van der Waals surface area (Å²) in [4.78, 5) is 12.9. The Labute approximate surface area is 144 Å². The van der Waals surface area contributed by atoms with Crippen molar-refractivity contribution < 1.29 is 4.74 Å². The zero-order valence-corrected chi connectivity index (χ0v) is 14.3. The molecule has 4 rings (SSSR count). The molecule has 0 bridgehead atoms. The lowest BCUT2D eigenvalue weighted by Crippen LogP contribution is -2.13. The average Bonchev–Trinajstić information content (AvgIpc) is 3.03. The van der Waals surface area contributed by atoms with Gasteiger partial charge in [-0.2, -0.15) is 0 Å². The summed E-state index contributed by atoms with van der Waals surface area (Å²) in [7, 11) is 1.61. The van der Waals surface area contributed by atoms with Gasteiger partial charge in [-0.25, -0.2) is 19.5 Å². The number of hydrogen-bond acceptors (Lipinski definition) is 6. The molecule has 0 radical (unpaired) electrons. The standard InChI is InChI=1S/C18H18N6O/c1-11(2)22-18-19-9-16-13(6-7-24(16)23-18)12-4-5-15-14(8-12)17(25-3)21-10-20-15/h4-11H,1-3H3,(H,22,23). The molecule has 126 valence electrons. The van der Waals surface area contributed by atoms with E-state index in [0.717, 1.165) is 27.5 Å². The zero-order chi connectivity index (χ0) is 17.4. The van der Waals surface area contributed by atoms with Crippen molar-refractivity contribution in [1.82, 2.24) is 24.6 Å². The van der Waals surface area contributed by atoms with Crippen LogP contribution in [0.5, 0.6) is 5.88 Å². The summed E-state index contributed by atoms with van der Waals surface area (Å²) in [5.74, 6) is 1.17. The molecule has 0 saturated carbocycles. The second-order valence-corrected chi connectivity index (χ2v) is 6.05. The quantitative estimate of drug-likeness (QED) is 0.618. The van der Waals surface area contributed by atoms with Crippen molar-refractivity contribution in [2.75, 3.05) is 12.4 Å². The molecule has 0 spiro atoms. The molecular weight excluding hydrogens is 316 g/mol. The Morgan fingerprint density at radius 1 is 1.12 bits per heavy atom. The topological polar surface area (TPSA) is 77.2 Å². The fourth-order valence-electron chi connectivity index (χ4n) is 2.83. The van der Waals surface area contributed by atoms with Crippen molar-refractivity contribution in [3.63, 3.8) is 0 Å². The minimum Gasteiger partial charge on any atom is -0.480 e. The molecular formula is C18H18N6O. The number of nitrogens with one attached hydrogen (secondary N) is 1. The molecule has 1 aromatic carbocycles. The molecule has 0 aliphatic rings. The van der Waals surface area contributed by atoms with Crippen molar-refractivity contribution in [3.05, 3.63) is 43.0 Å². The van der Waals surface area contributed by atoms with Gasteiger partial charge in [0, 0.05) is 17.8 Å². The van der Waals surface area contributed by atoms with E-state index in [0.29, 0.717) is 11.8 Å². The van der Waals surface area contributed by atoms with Crippen LogP contribution in [0.1, 0.15) is 13.8 Å². The van der Waals surface area contributed by atoms with Gasteiger partial charge in [0.15, 0.2) is 0 Å². The van der Waals surface area contributed by atoms with Crippen molar-refractivity contribution in [1.29, 1.82) is 0 Å². The lowest BCUT2D eigenvalue weighted by atomic mass is 10.1. The van der Waals surface area contributed by atoms with Gasteiger partial charge in [0.25, 0.3) is 0 Å². The number of ether oxygens (including phenoxy) is 1. The maximum atomic E-state index is 5.35. The van der Waals surface area contributed by atoms with Crippen LogP contribution in [0.25, 0.3) is 27.5 Å². The summed E-state index contributed by atoms with van der Waals surface area (Å²) < 4.78 is 7.18. The van der Waals surface area contributed by atoms with Crippen LogP contribution in [0.3, 0.4) is 0 Å². The third kappa shape index (κ3) is 2.73. The van der Waals surface area contributed by atoms with Crippen molar-refractivity contribution in [3.8, 4) is 17.0 Å². The summed E-state index contributed by atoms with van der Waals surface area (Å²) in [6.45, 7) is 4.11. The maximum Gasteiger partial charge on any atom is 0.241 e. The molecule has 0 saturated heterocycles. The summed E-state index contributed by atoms with van der Waals surface area (Å²) in [5, 5.41) is 8.59. The molecule has 0 aliphatic heterocycles. The van der Waals surface area contributed by atoms with Crippen LogP contribution in [0.15, 0.2) is 43.0 Å². The van der Waals surface area contributed by atoms with Gasteiger partial charge < -0.3 is 10.1 Å². The first-order valence-electron chi connectivity index (χ1n) is 8.06. The Kier molecular flexibility index (Phi) is 3.68. The molecule has 7 heteroatoms. The molecule has 0 atom stereocenters. The van der Waals surface area contributed by atoms with E-state index in [1.54, 1.807) is 7.11 Å². The highest BCUT2D eigenvalue weighted by Gasteiger charge is 2.11. The van der Waals surface area contributed by atoms with E-state index >= 15 is 0 Å². The fraction of sp³-hybridized carbons (Fsp3) is 0.222. The van der Waals surface area contributed by atoms with Crippen molar-refractivity contribution in [2.24, 2.45) is 0 Å². The molecule has 3 aromatic heterocycles. The van der Waals surface area contributed by atoms with Crippen LogP contribution in [0, 0.1) is 0 Å². The second kappa shape index (κ2) is 6.01. The number of rotatable bonds is 4. The smallest absolute Gasteiger partial charge is 0.241 e. The fourth-order valence-corrected chi connectivity index (χ4v) is 2.83. The first kappa shape index (κ1) is 15.3. The van der Waals surface area contributed by atoms with E-state index < -0.39 is 0 Å². The minimum atomic E-state index is 0.278. The van der Waals surface area contributed by atoms with Gasteiger partial charge in [-0.15, -0.1) is 5.10 Å². The molecule has 7 nitrogen and oxygen atoms in total. The monoisotopic (exact) mass is 334 g/mol. The Balaban J connectivity index is 1.83. The number of anilines is 1. The van der Waals surface area contributed by atoms with E-state index in [9.17, 15) is 0 Å². The third-order valence-electron chi connectivity index (χ3n) is 3.94. The van der Waals surface area contributed by atoms with Crippen LogP contribution < -0.4 is 10.1 Å². The largest absolute Gasteiger partial charge is 0.480 e. The van der Waals surface area contributed by atoms with Gasteiger partial charge in [0.1, 0.15) is 6.33 Å². The normalized spacial score (nSPS) is 11.4. The lowest BCUT2D eigenvalue weighted by Gasteiger charge is -2.08. The first-order valence-corrected chi connectivity index (χ1v) is 8.06. The minimum absolute atomic E-state index is 0.278. The van der Waals surface area contributed by atoms with Gasteiger partial charge in [0.05, 0.1) is 29.7 Å². The van der Waals surface area contributed by atoms with Gasteiger partial charge in [-0.3, -0.25) is 0 Å². The molecule has 3 heterocycles. The predicted molar refractivity (Wildman–Crippen MR) is 96.8 cm³/mol. The Morgan fingerprint density at radius 2 is 2.00 bits per heavy atom. The predicted octanol–water partition coefficient (Wildman–Crippen LogP) is 3.17. The van der Waals surface area contributed by atoms with Crippen LogP contribution >= 0.6 is 0 Å². The summed E-state index contributed by atoms with van der Waals surface area (Å²) >= 11 is 0. The zero-order valence-electron chi connectivity index (χ0n) is 14.3. The summed E-state index contributed by atoms with van der Waals surface area (Å²) in [6.07, 6.45) is 5.27. The number of aromatic nitrogens is 5. The van der Waals surface area contributed by atoms with E-state index in [4.69, 9.17) is 4.74 Å². The number of methoxy groups -OCH3 is 1. The number of fused-ring (bicyclic) bond motifs is 2. The number of nitrogens with zero attached hydrogens (tertiary/aromatic N) is 5. The van der Waals surface area contributed by atoms with Crippen LogP contribution in [-0.4, -0.2) is 37.7 Å². The van der Waals surface area contributed by atoms with Gasteiger partial charge in [-0.1, -0.05) is 6.07 Å². The molecule has 4 aromatic rings. The number of hydrogen-bond donors (Lipinski definition) is 1. The van der Waals surface area contributed by atoms with E-state index in [1.165, 1.54) is 6.33 Å². The van der Waals surface area contributed by atoms with E-state index in [-0.39, 0.29) is 6.04 Å². The SMILES string of the molecule is COc1ncnc2ccc(-c3ccn4nc(NC(C)C)ncc34)cc12. The van der Waals surface area contributed by atoms with E-state index in [1.807, 2.05) is 41.2 Å². The molecule has 0 aliphatic carbocycles. The molecule has 0 amide bonds. The average molecular weight is 334 g/mol. The lowest BCUT2D eigenvalue weighted by molar-refractivity contribution is 0.402. The van der Waals surface area contributed by atoms with Crippen molar-refractivity contribution in [2.45, 2.75) is 19.9 Å². The van der Waals surface area contributed by atoms with Crippen LogP contribution in [-0.2, 0) is 0 Å². The third-order valence-corrected chi connectivity index (χ3v) is 3.94. The van der Waals surface area contributed by atoms with Gasteiger partial charge in [-0.05, 0) is 37.6 Å². The summed E-state index contributed by atoms with van der Waals surface area (Å²) in [6, 6.07) is 8.34. The Hall–Kier alpha value is -3.22. The highest BCUT2D eigenvalue weighted by molar-refractivity contribution is 5.91. The number of benzene rings is 1. The van der Waals surface area contributed by atoms with Gasteiger partial charge >= 0.3 is 0 Å². The second-order valence-electron chi connectivity index (χ2n) is 6.05. The Morgan fingerprint density at radius 3 is 2.80 bits per heavy atom. The summed E-state index contributed by atoms with van der Waals surface area (Å²) in [5.41, 5.74) is 3.86. The molecule has 0 unspecified atom stereocenters. The first-order chi connectivity index (χ1) is 12.2. The highest BCUT2D eigenvalue weighted by atomic mass is 16.5. The van der Waals surface area contributed by atoms with E-state index in [2.05, 4.69) is 39.2 Å². The Bertz CT molecular complexity index is 1060. The molecule has 1 N–H and O–H groups in total. The molecule has 25 heavy (non-hydrogen) atoms. The van der Waals surface area contributed by atoms with Crippen LogP contribution in [0.2, 0.25) is 0 Å². The van der Waals surface area contributed by atoms with Gasteiger partial charge in [0.2, 0.25) is 11.8 Å². The van der Waals surface area contributed by atoms with Crippen molar-refractivity contribution >= 4 is 22.4 Å². The molecule has 0 fully saturated rings. The highest BCUT2D eigenvalue weighted by Crippen LogP contribution is 2.30. The maximum absolute atomic E-state index is 5.35. The van der Waals surface area contributed by atoms with Crippen LogP contribution in [0.4, 0.5) is 5.95 Å².